The fourth-order valence-corrected chi connectivity index (χ4v) is 8.43. The van der Waals surface area contributed by atoms with Crippen molar-refractivity contribution in [3.63, 3.8) is 0 Å². The van der Waals surface area contributed by atoms with Crippen LogP contribution in [0.25, 0.3) is 21.2 Å². The van der Waals surface area contributed by atoms with Crippen LogP contribution in [0.15, 0.2) is 52.8 Å². The average molecular weight is 670 g/mol. The van der Waals surface area contributed by atoms with E-state index in [-0.39, 0.29) is 35.9 Å². The molecule has 250 valence electrons. The second kappa shape index (κ2) is 12.4. The van der Waals surface area contributed by atoms with Crippen LogP contribution in [0.4, 0.5) is 5.69 Å². The number of pyridine rings is 1. The maximum absolute atomic E-state index is 13.2. The van der Waals surface area contributed by atoms with Crippen LogP contribution in [-0.2, 0) is 29.7 Å². The Kier molecular flexibility index (Phi) is 8.24. The van der Waals surface area contributed by atoms with Crippen LogP contribution in [-0.4, -0.2) is 77.5 Å². The highest BCUT2D eigenvalue weighted by Crippen LogP contribution is 2.40. The van der Waals surface area contributed by atoms with E-state index >= 15 is 0 Å². The molecule has 1 N–H and O–H groups in total. The number of piperazine rings is 1. The molecule has 2 saturated heterocycles. The molecule has 2 fully saturated rings. The summed E-state index contributed by atoms with van der Waals surface area (Å²) in [6.07, 6.45) is 2.45. The molecule has 2 aromatic heterocycles. The summed E-state index contributed by atoms with van der Waals surface area (Å²) in [4.78, 5) is 56.5. The molecule has 12 heteroatoms. The van der Waals surface area contributed by atoms with Crippen molar-refractivity contribution < 1.29 is 23.9 Å². The molecular weight excluding hydrogens is 630 g/mol. The van der Waals surface area contributed by atoms with Gasteiger partial charge in [0, 0.05) is 79.4 Å². The number of aromatic nitrogens is 1. The van der Waals surface area contributed by atoms with Crippen molar-refractivity contribution in [2.45, 2.75) is 57.9 Å². The zero-order valence-corrected chi connectivity index (χ0v) is 28.6. The van der Waals surface area contributed by atoms with Crippen molar-refractivity contribution in [2.24, 2.45) is 7.05 Å². The van der Waals surface area contributed by atoms with E-state index in [1.54, 1.807) is 42.1 Å². The molecule has 0 spiro atoms. The van der Waals surface area contributed by atoms with Crippen molar-refractivity contribution >= 4 is 44.8 Å². The van der Waals surface area contributed by atoms with E-state index in [0.717, 1.165) is 57.2 Å². The number of amides is 3. The minimum Gasteiger partial charge on any atom is -0.496 e. The van der Waals surface area contributed by atoms with Crippen molar-refractivity contribution in [2.75, 3.05) is 32.2 Å². The van der Waals surface area contributed by atoms with Gasteiger partial charge in [0.2, 0.25) is 11.8 Å². The van der Waals surface area contributed by atoms with Crippen molar-refractivity contribution in [3.05, 3.63) is 75.0 Å². The molecule has 0 saturated carbocycles. The molecule has 3 amide bonds. The normalized spacial score (nSPS) is 21.5. The number of fused-ring (bicyclic) bond motifs is 2. The molecule has 5 heterocycles. The van der Waals surface area contributed by atoms with E-state index in [1.165, 1.54) is 0 Å². The predicted molar refractivity (Wildman–Crippen MR) is 185 cm³/mol. The Morgan fingerprint density at radius 1 is 0.938 bits per heavy atom. The molecule has 2 aromatic carbocycles. The number of carbonyl (C=O) groups is 3. The Morgan fingerprint density at radius 3 is 2.31 bits per heavy atom. The number of thiophene rings is 1. The molecule has 3 atom stereocenters. The Hall–Kier alpha value is -4.68. The lowest BCUT2D eigenvalue weighted by Crippen LogP contribution is -2.56. The summed E-state index contributed by atoms with van der Waals surface area (Å²) in [5.74, 6) is 0.603. The molecule has 11 nitrogen and oxygen atoms in total. The number of ether oxygens (including phenoxy) is 2. The zero-order chi connectivity index (χ0) is 33.9. The Bertz CT molecular complexity index is 1980. The van der Waals surface area contributed by atoms with Gasteiger partial charge in [-0.1, -0.05) is 0 Å². The van der Waals surface area contributed by atoms with Crippen LogP contribution in [0.3, 0.4) is 0 Å². The molecule has 3 aliphatic rings. The lowest BCUT2D eigenvalue weighted by molar-refractivity contribution is -0.136. The highest BCUT2D eigenvalue weighted by molar-refractivity contribution is 7.17. The summed E-state index contributed by atoms with van der Waals surface area (Å²) >= 11 is 1.55. The van der Waals surface area contributed by atoms with Crippen LogP contribution in [0.2, 0.25) is 0 Å². The topological polar surface area (TPSA) is 113 Å². The monoisotopic (exact) mass is 669 g/mol. The van der Waals surface area contributed by atoms with Gasteiger partial charge in [-0.15, -0.1) is 11.3 Å². The number of methoxy groups -OCH3 is 2. The standard InChI is InChI=1S/C36H39N5O6S/c1-20-15-39(24-6-7-25-23(12-24)17-41(36(25)45)29-8-9-32(42)37-34(29)43)16-21(2)40(20)19-28-30(46-4)13-22(14-31(28)47-5)27-18-38(3)35(44)26-10-11-48-33(26)27/h6-7,10-14,18,20-21,29H,8-9,15-17,19H2,1-5H3,(H,37,42,43)/t20-,21-,29?/m1/s1. The van der Waals surface area contributed by atoms with Gasteiger partial charge in [-0.3, -0.25) is 29.4 Å². The Morgan fingerprint density at radius 2 is 1.65 bits per heavy atom. The number of nitrogens with zero attached hydrogens (tertiary/aromatic N) is 4. The molecule has 48 heavy (non-hydrogen) atoms. The number of imide groups is 1. The molecular formula is C36H39N5O6S. The first kappa shape index (κ1) is 31.9. The van der Waals surface area contributed by atoms with Gasteiger partial charge in [0.1, 0.15) is 17.5 Å². The number of rotatable bonds is 7. The van der Waals surface area contributed by atoms with Gasteiger partial charge in [-0.2, -0.15) is 0 Å². The van der Waals surface area contributed by atoms with E-state index in [9.17, 15) is 19.2 Å². The Balaban J connectivity index is 1.10. The fourth-order valence-electron chi connectivity index (χ4n) is 7.51. The highest BCUT2D eigenvalue weighted by atomic mass is 32.1. The number of piperidine rings is 1. The van der Waals surface area contributed by atoms with E-state index < -0.39 is 11.9 Å². The number of benzene rings is 2. The molecule has 7 rings (SSSR count). The summed E-state index contributed by atoms with van der Waals surface area (Å²) < 4.78 is 14.5. The number of nitrogens with one attached hydrogen (secondary N) is 1. The minimum atomic E-state index is -0.629. The zero-order valence-electron chi connectivity index (χ0n) is 27.7. The third-order valence-electron chi connectivity index (χ3n) is 10.0. The molecule has 0 bridgehead atoms. The van der Waals surface area contributed by atoms with E-state index in [2.05, 4.69) is 35.0 Å². The summed E-state index contributed by atoms with van der Waals surface area (Å²) in [6, 6.07) is 11.6. The third kappa shape index (κ3) is 5.42. The molecule has 0 aliphatic carbocycles. The van der Waals surface area contributed by atoms with Crippen LogP contribution in [0.5, 0.6) is 11.5 Å². The maximum atomic E-state index is 13.2. The van der Waals surface area contributed by atoms with Gasteiger partial charge >= 0.3 is 0 Å². The first-order valence-electron chi connectivity index (χ1n) is 16.2. The fraction of sp³-hybridized carbons (Fsp3) is 0.389. The number of anilines is 1. The minimum absolute atomic E-state index is 0.0183. The summed E-state index contributed by atoms with van der Waals surface area (Å²) in [5.41, 5.74) is 5.38. The van der Waals surface area contributed by atoms with Gasteiger partial charge in [-0.05, 0) is 73.2 Å². The Labute approximate surface area is 282 Å². The number of hydrogen-bond donors (Lipinski definition) is 1. The third-order valence-corrected chi connectivity index (χ3v) is 11.0. The first-order chi connectivity index (χ1) is 23.1. The van der Waals surface area contributed by atoms with Gasteiger partial charge in [-0.25, -0.2) is 0 Å². The highest BCUT2D eigenvalue weighted by Gasteiger charge is 2.40. The first-order valence-corrected chi connectivity index (χ1v) is 17.1. The second-order valence-corrected chi connectivity index (χ2v) is 13.9. The van der Waals surface area contributed by atoms with Gasteiger partial charge in [0.15, 0.2) is 0 Å². The number of hydrogen-bond acceptors (Lipinski definition) is 9. The number of aryl methyl sites for hydroxylation is 1. The molecule has 0 radical (unpaired) electrons. The predicted octanol–water partition coefficient (Wildman–Crippen LogP) is 4.14. The van der Waals surface area contributed by atoms with Crippen molar-refractivity contribution in [3.8, 4) is 22.6 Å². The maximum Gasteiger partial charge on any atom is 0.259 e. The van der Waals surface area contributed by atoms with Crippen LogP contribution in [0.1, 0.15) is 48.2 Å². The summed E-state index contributed by atoms with van der Waals surface area (Å²) in [6.45, 7) is 6.98. The van der Waals surface area contributed by atoms with Crippen LogP contribution < -0.4 is 25.2 Å². The second-order valence-electron chi connectivity index (χ2n) is 13.0. The number of carbonyl (C=O) groups excluding carboxylic acids is 3. The summed E-state index contributed by atoms with van der Waals surface area (Å²) in [5, 5.41) is 5.01. The van der Waals surface area contributed by atoms with Crippen LogP contribution >= 0.6 is 11.3 Å². The lowest BCUT2D eigenvalue weighted by atomic mass is 10.00. The smallest absolute Gasteiger partial charge is 0.259 e. The van der Waals surface area contributed by atoms with Crippen molar-refractivity contribution in [1.82, 2.24) is 19.7 Å². The van der Waals surface area contributed by atoms with E-state index in [1.807, 2.05) is 41.9 Å². The van der Waals surface area contributed by atoms with Gasteiger partial charge in [0.05, 0.1) is 25.2 Å². The summed E-state index contributed by atoms with van der Waals surface area (Å²) in [7, 11) is 5.12. The molecule has 1 unspecified atom stereocenters. The van der Waals surface area contributed by atoms with Crippen LogP contribution in [0, 0.1) is 0 Å². The lowest BCUT2D eigenvalue weighted by Gasteiger charge is -2.45. The van der Waals surface area contributed by atoms with Gasteiger partial charge < -0.3 is 23.8 Å². The largest absolute Gasteiger partial charge is 0.496 e. The van der Waals surface area contributed by atoms with Gasteiger partial charge in [0.25, 0.3) is 11.5 Å². The molecule has 3 aliphatic heterocycles. The quantitative estimate of drug-likeness (QED) is 0.292. The van der Waals surface area contributed by atoms with E-state index in [4.69, 9.17) is 9.47 Å². The van der Waals surface area contributed by atoms with E-state index in [0.29, 0.717) is 30.5 Å². The SMILES string of the molecule is COc1cc(-c2cn(C)c(=O)c3ccsc23)cc(OC)c1CN1[C@H](C)CN(c2ccc3c(c2)CN(C2CCC(=O)NC2=O)C3=O)C[C@H]1C. The van der Waals surface area contributed by atoms with Crippen molar-refractivity contribution in [1.29, 1.82) is 0 Å². The molecule has 4 aromatic rings. The average Bonchev–Trinajstić information content (AvgIpc) is 3.69.